The second-order valence-corrected chi connectivity index (χ2v) is 7.46. The molecule has 2 fully saturated rings. The summed E-state index contributed by atoms with van der Waals surface area (Å²) in [5.41, 5.74) is -1.73. The zero-order valence-electron chi connectivity index (χ0n) is 13.8. The van der Waals surface area contributed by atoms with Crippen molar-refractivity contribution < 1.29 is 8.78 Å². The molecule has 27 heavy (non-hydrogen) atoms. The Morgan fingerprint density at radius 3 is 2.67 bits per heavy atom. The summed E-state index contributed by atoms with van der Waals surface area (Å²) in [6.07, 6.45) is 3.57. The summed E-state index contributed by atoms with van der Waals surface area (Å²) in [6, 6.07) is 1.51. The van der Waals surface area contributed by atoms with Crippen LogP contribution >= 0.6 is 11.6 Å². The number of hydrogen-bond acceptors (Lipinski definition) is 5. The second-order valence-electron chi connectivity index (χ2n) is 7.05. The molecule has 1 aliphatic carbocycles. The smallest absolute Gasteiger partial charge is 0.325 e. The molecule has 140 valence electrons. The third-order valence-corrected chi connectivity index (χ3v) is 5.61. The second kappa shape index (κ2) is 5.16. The molecule has 2 N–H and O–H groups in total. The number of aromatic amines is 2. The van der Waals surface area contributed by atoms with Crippen molar-refractivity contribution in [2.75, 3.05) is 18.0 Å². The Kier molecular flexibility index (Phi) is 3.14. The lowest BCUT2D eigenvalue weighted by Gasteiger charge is -2.19. The normalized spacial score (nSPS) is 19.9. The number of nitrogens with one attached hydrogen (secondary N) is 2. The zero-order chi connectivity index (χ0) is 19.0. The molecule has 3 aromatic heterocycles. The summed E-state index contributed by atoms with van der Waals surface area (Å²) >= 11 is 6.14. The molecule has 0 amide bonds. The van der Waals surface area contributed by atoms with Gasteiger partial charge in [0.25, 0.3) is 11.5 Å². The predicted octanol–water partition coefficient (Wildman–Crippen LogP) is 1.66. The molecule has 1 saturated carbocycles. The van der Waals surface area contributed by atoms with Gasteiger partial charge >= 0.3 is 5.69 Å². The van der Waals surface area contributed by atoms with Gasteiger partial charge in [-0.1, -0.05) is 11.6 Å². The van der Waals surface area contributed by atoms with E-state index in [1.807, 2.05) is 0 Å². The van der Waals surface area contributed by atoms with E-state index in [9.17, 15) is 18.4 Å². The standard InChI is InChI=1S/C16H13ClF2N6O2/c17-9-5-21-25-11(24-6-15(1-2-15)16(18,19)7-24)3-10(22-12(9)25)8-4-20-14(27)23-13(8)26/h3-5H,1-2,6-7H2,(H2,20,23,26,27). The largest absolute Gasteiger partial charge is 0.350 e. The van der Waals surface area contributed by atoms with Crippen molar-refractivity contribution in [1.82, 2.24) is 24.6 Å². The van der Waals surface area contributed by atoms with Crippen LogP contribution in [0.1, 0.15) is 12.8 Å². The van der Waals surface area contributed by atoms with Gasteiger partial charge < -0.3 is 9.88 Å². The fourth-order valence-electron chi connectivity index (χ4n) is 3.66. The summed E-state index contributed by atoms with van der Waals surface area (Å²) in [4.78, 5) is 33.8. The highest BCUT2D eigenvalue weighted by molar-refractivity contribution is 6.33. The van der Waals surface area contributed by atoms with Crippen molar-refractivity contribution in [2.24, 2.45) is 5.41 Å². The fourth-order valence-corrected chi connectivity index (χ4v) is 3.83. The van der Waals surface area contributed by atoms with Crippen molar-refractivity contribution in [3.63, 3.8) is 0 Å². The predicted molar refractivity (Wildman–Crippen MR) is 93.5 cm³/mol. The van der Waals surface area contributed by atoms with Gasteiger partial charge in [0.05, 0.1) is 29.4 Å². The maximum absolute atomic E-state index is 14.5. The lowest BCUT2D eigenvalue weighted by molar-refractivity contribution is -0.0334. The summed E-state index contributed by atoms with van der Waals surface area (Å²) in [5, 5.41) is 4.37. The molecule has 0 aromatic carbocycles. The summed E-state index contributed by atoms with van der Waals surface area (Å²) in [7, 11) is 0. The molecule has 0 bridgehead atoms. The SMILES string of the molecule is O=c1[nH]cc(-c2cc(N3CC(F)(F)C4(CC4)C3)n3ncc(Cl)c3n2)c(=O)[nH]1. The van der Waals surface area contributed by atoms with E-state index in [1.54, 1.807) is 4.90 Å². The number of halogens is 3. The van der Waals surface area contributed by atoms with E-state index < -0.39 is 29.1 Å². The Labute approximate surface area is 154 Å². The van der Waals surface area contributed by atoms with Crippen LogP contribution in [0.15, 0.2) is 28.0 Å². The summed E-state index contributed by atoms with van der Waals surface area (Å²) in [5.74, 6) is -2.43. The average Bonchev–Trinajstić information content (AvgIpc) is 3.24. The molecular formula is C16H13ClF2N6O2. The van der Waals surface area contributed by atoms with Crippen LogP contribution in [-0.4, -0.2) is 43.6 Å². The van der Waals surface area contributed by atoms with Gasteiger partial charge in [-0.15, -0.1) is 0 Å². The molecule has 8 nitrogen and oxygen atoms in total. The van der Waals surface area contributed by atoms with Crippen molar-refractivity contribution in [1.29, 1.82) is 0 Å². The molecule has 1 saturated heterocycles. The number of nitrogens with zero attached hydrogens (tertiary/aromatic N) is 4. The number of hydrogen-bond donors (Lipinski definition) is 2. The van der Waals surface area contributed by atoms with Crippen molar-refractivity contribution >= 4 is 23.1 Å². The summed E-state index contributed by atoms with van der Waals surface area (Å²) in [6.45, 7) is -0.247. The van der Waals surface area contributed by atoms with E-state index in [2.05, 4.69) is 20.1 Å². The van der Waals surface area contributed by atoms with Crippen LogP contribution in [0.4, 0.5) is 14.6 Å². The molecule has 0 atom stereocenters. The number of rotatable bonds is 2. The molecule has 4 heterocycles. The minimum atomic E-state index is -2.80. The average molecular weight is 395 g/mol. The Morgan fingerprint density at radius 2 is 2.00 bits per heavy atom. The number of alkyl halides is 2. The van der Waals surface area contributed by atoms with E-state index in [0.29, 0.717) is 18.7 Å². The van der Waals surface area contributed by atoms with Crippen LogP contribution in [0.3, 0.4) is 0 Å². The first-order chi connectivity index (χ1) is 12.8. The number of fused-ring (bicyclic) bond motifs is 1. The van der Waals surface area contributed by atoms with Crippen LogP contribution in [0, 0.1) is 5.41 Å². The summed E-state index contributed by atoms with van der Waals surface area (Å²) < 4.78 is 30.3. The topological polar surface area (TPSA) is 99.2 Å². The van der Waals surface area contributed by atoms with Crippen molar-refractivity contribution in [3.8, 4) is 11.3 Å². The first-order valence-corrected chi connectivity index (χ1v) is 8.67. The van der Waals surface area contributed by atoms with E-state index in [0.717, 1.165) is 0 Å². The van der Waals surface area contributed by atoms with Gasteiger partial charge in [-0.25, -0.2) is 18.6 Å². The van der Waals surface area contributed by atoms with Crippen molar-refractivity contribution in [2.45, 2.75) is 18.8 Å². The fraction of sp³-hybridized carbons (Fsp3) is 0.375. The van der Waals surface area contributed by atoms with Crippen molar-refractivity contribution in [3.05, 3.63) is 44.3 Å². The highest BCUT2D eigenvalue weighted by Crippen LogP contribution is 2.61. The van der Waals surface area contributed by atoms with E-state index in [-0.39, 0.29) is 28.5 Å². The highest BCUT2D eigenvalue weighted by atomic mass is 35.5. The maximum Gasteiger partial charge on any atom is 0.325 e. The maximum atomic E-state index is 14.5. The number of aromatic nitrogens is 5. The molecule has 1 aliphatic heterocycles. The first kappa shape index (κ1) is 16.4. The molecule has 0 radical (unpaired) electrons. The quantitative estimate of drug-likeness (QED) is 0.688. The number of anilines is 1. The minimum Gasteiger partial charge on any atom is -0.350 e. The van der Waals surface area contributed by atoms with Crippen LogP contribution < -0.4 is 16.1 Å². The monoisotopic (exact) mass is 394 g/mol. The van der Waals surface area contributed by atoms with Gasteiger partial charge in [0.2, 0.25) is 0 Å². The molecule has 11 heteroatoms. The van der Waals surface area contributed by atoms with Gasteiger partial charge in [0.15, 0.2) is 5.65 Å². The lowest BCUT2D eigenvalue weighted by atomic mass is 10.0. The van der Waals surface area contributed by atoms with Gasteiger partial charge in [0.1, 0.15) is 10.8 Å². The molecule has 5 rings (SSSR count). The molecule has 1 spiro atoms. The van der Waals surface area contributed by atoms with Gasteiger partial charge in [0, 0.05) is 18.8 Å². The van der Waals surface area contributed by atoms with Gasteiger partial charge in [-0.05, 0) is 12.8 Å². The Hall–Kier alpha value is -2.75. The van der Waals surface area contributed by atoms with Crippen LogP contribution in [0.5, 0.6) is 0 Å². The van der Waals surface area contributed by atoms with Gasteiger partial charge in [-0.2, -0.15) is 9.61 Å². The molecule has 3 aromatic rings. The first-order valence-electron chi connectivity index (χ1n) is 8.29. The van der Waals surface area contributed by atoms with E-state index in [4.69, 9.17) is 11.6 Å². The third kappa shape index (κ3) is 2.32. The van der Waals surface area contributed by atoms with E-state index in [1.165, 1.54) is 23.0 Å². The van der Waals surface area contributed by atoms with Crippen LogP contribution in [0.2, 0.25) is 5.02 Å². The Bertz CT molecular complexity index is 1190. The highest BCUT2D eigenvalue weighted by Gasteiger charge is 2.67. The van der Waals surface area contributed by atoms with Crippen LogP contribution in [0.25, 0.3) is 16.9 Å². The molecular weight excluding hydrogens is 382 g/mol. The third-order valence-electron chi connectivity index (χ3n) is 5.34. The Morgan fingerprint density at radius 1 is 1.22 bits per heavy atom. The number of H-pyrrole nitrogens is 2. The molecule has 2 aliphatic rings. The zero-order valence-corrected chi connectivity index (χ0v) is 14.6. The van der Waals surface area contributed by atoms with E-state index >= 15 is 0 Å². The van der Waals surface area contributed by atoms with Crippen LogP contribution in [-0.2, 0) is 0 Å². The lowest BCUT2D eigenvalue weighted by Crippen LogP contribution is -2.29. The Balaban J connectivity index is 1.70. The minimum absolute atomic E-state index is 0.0997. The van der Waals surface area contributed by atoms with Gasteiger partial charge in [-0.3, -0.25) is 9.78 Å². The molecule has 0 unspecified atom stereocenters.